The molecule has 0 saturated heterocycles. The lowest BCUT2D eigenvalue weighted by molar-refractivity contribution is -0.0950. The molecule has 3 nitrogen and oxygen atoms in total. The molecule has 4 heteroatoms. The van der Waals surface area contributed by atoms with Gasteiger partial charge in [-0.3, -0.25) is 0 Å². The fourth-order valence-electron chi connectivity index (χ4n) is 0.912. The molecule has 0 fully saturated rings. The van der Waals surface area contributed by atoms with E-state index in [1.165, 1.54) is 0 Å². The number of hydrogen-bond acceptors (Lipinski definition) is 3. The molecular weight excluding hydrogens is 196 g/mol. The van der Waals surface area contributed by atoms with Crippen molar-refractivity contribution in [2.24, 2.45) is 0 Å². The highest BCUT2D eigenvalue weighted by Crippen LogP contribution is 2.13. The molecule has 0 aliphatic carbocycles. The van der Waals surface area contributed by atoms with E-state index in [0.29, 0.717) is 13.2 Å². The summed E-state index contributed by atoms with van der Waals surface area (Å²) in [5.41, 5.74) is -0.0291. The van der Waals surface area contributed by atoms with Crippen molar-refractivity contribution in [3.8, 4) is 0 Å². The number of rotatable bonds is 8. The Morgan fingerprint density at radius 2 is 1.57 bits per heavy atom. The van der Waals surface area contributed by atoms with Crippen molar-refractivity contribution in [2.75, 3.05) is 13.2 Å². The van der Waals surface area contributed by atoms with Crippen LogP contribution in [0.25, 0.3) is 0 Å². The Hall–Kier alpha value is 0.0969. The van der Waals surface area contributed by atoms with Gasteiger partial charge in [-0.1, -0.05) is 6.92 Å². The van der Waals surface area contributed by atoms with Gasteiger partial charge in [0.15, 0.2) is 5.91 Å². The van der Waals surface area contributed by atoms with Gasteiger partial charge in [0.1, 0.15) is 0 Å². The van der Waals surface area contributed by atoms with Gasteiger partial charge in [0.25, 0.3) is 0 Å². The highest BCUT2D eigenvalue weighted by atomic mass is 28.2. The second-order valence-corrected chi connectivity index (χ2v) is 5.05. The smallest absolute Gasteiger partial charge is 0.224 e. The predicted octanol–water partition coefficient (Wildman–Crippen LogP) is 1.63. The Morgan fingerprint density at radius 1 is 1.07 bits per heavy atom. The van der Waals surface area contributed by atoms with Gasteiger partial charge in [-0.05, 0) is 34.1 Å². The summed E-state index contributed by atoms with van der Waals surface area (Å²) >= 11 is 0. The molecule has 0 aromatic rings. The molecule has 0 rings (SSSR count). The molecule has 0 aliphatic heterocycles. The third-order valence-electron chi connectivity index (χ3n) is 2.17. The zero-order valence-corrected chi connectivity index (χ0v) is 11.5. The van der Waals surface area contributed by atoms with Crippen LogP contribution in [0, 0.1) is 0 Å². The lowest BCUT2D eigenvalue weighted by Gasteiger charge is -2.26. The molecule has 14 heavy (non-hydrogen) atoms. The van der Waals surface area contributed by atoms with Crippen LogP contribution in [0.15, 0.2) is 0 Å². The van der Waals surface area contributed by atoms with Gasteiger partial charge in [-0.2, -0.15) is 0 Å². The van der Waals surface area contributed by atoms with Crippen molar-refractivity contribution in [3.63, 3.8) is 0 Å². The third kappa shape index (κ3) is 6.54. The first kappa shape index (κ1) is 14.1. The van der Waals surface area contributed by atoms with Crippen molar-refractivity contribution in [2.45, 2.75) is 52.6 Å². The fraction of sp³-hybridized carbons (Fsp3) is 1.00. The summed E-state index contributed by atoms with van der Waals surface area (Å²) in [6.07, 6.45) is 1.02. The molecule has 86 valence electrons. The zero-order chi connectivity index (χ0) is 11.0. The molecule has 0 amide bonds. The summed E-state index contributed by atoms with van der Waals surface area (Å²) in [6.45, 7) is 11.7. The monoisotopic (exact) mass is 220 g/mol. The summed E-state index contributed by atoms with van der Waals surface area (Å²) in [6, 6.07) is 0. The minimum Gasteiger partial charge on any atom is -0.413 e. The van der Waals surface area contributed by atoms with E-state index in [-0.39, 0.29) is 11.5 Å². The van der Waals surface area contributed by atoms with Gasteiger partial charge >= 0.3 is 0 Å². The largest absolute Gasteiger partial charge is 0.413 e. The topological polar surface area (TPSA) is 27.7 Å². The average Bonchev–Trinajstić information content (AvgIpc) is 2.15. The van der Waals surface area contributed by atoms with Crippen molar-refractivity contribution in [1.82, 2.24) is 0 Å². The molecule has 0 spiro atoms. The summed E-state index contributed by atoms with van der Waals surface area (Å²) in [4.78, 5) is 0. The summed E-state index contributed by atoms with van der Waals surface area (Å²) in [7, 11) is -0.756. The van der Waals surface area contributed by atoms with Gasteiger partial charge in [-0.15, -0.1) is 0 Å². The zero-order valence-electron chi connectivity index (χ0n) is 10.1. The number of ether oxygens (including phenoxy) is 2. The molecule has 0 aromatic carbocycles. The maximum atomic E-state index is 5.83. The highest BCUT2D eigenvalue weighted by Gasteiger charge is 2.19. The van der Waals surface area contributed by atoms with E-state index in [4.69, 9.17) is 13.9 Å². The summed E-state index contributed by atoms with van der Waals surface area (Å²) in [5.74, 6) is -0.0872. The Labute approximate surface area is 90.1 Å². The van der Waals surface area contributed by atoms with Gasteiger partial charge < -0.3 is 13.9 Å². The molecular formula is C10H24O3Si. The van der Waals surface area contributed by atoms with Crippen LogP contribution in [0.4, 0.5) is 0 Å². The molecule has 0 heterocycles. The first-order valence-corrected chi connectivity index (χ1v) is 6.82. The first-order chi connectivity index (χ1) is 6.55. The SMILES string of the molecule is CCOC(OCC)[SiH2]OC(C)(C)CC. The van der Waals surface area contributed by atoms with Gasteiger partial charge in [0.05, 0.1) is 0 Å². The van der Waals surface area contributed by atoms with Crippen molar-refractivity contribution < 1.29 is 13.9 Å². The minimum atomic E-state index is -0.756. The maximum absolute atomic E-state index is 5.83. The molecule has 0 N–H and O–H groups in total. The van der Waals surface area contributed by atoms with E-state index in [0.717, 1.165) is 6.42 Å². The second kappa shape index (κ2) is 7.40. The van der Waals surface area contributed by atoms with E-state index in [1.54, 1.807) is 0 Å². The van der Waals surface area contributed by atoms with Crippen LogP contribution in [-0.2, 0) is 13.9 Å². The van der Waals surface area contributed by atoms with Crippen LogP contribution in [-0.4, -0.2) is 34.5 Å². The molecule has 0 atom stereocenters. The van der Waals surface area contributed by atoms with Crippen LogP contribution in [0.5, 0.6) is 0 Å². The van der Waals surface area contributed by atoms with Crippen molar-refractivity contribution in [3.05, 3.63) is 0 Å². The van der Waals surface area contributed by atoms with Crippen LogP contribution in [0.2, 0.25) is 0 Å². The van der Waals surface area contributed by atoms with Crippen LogP contribution in [0.1, 0.15) is 41.0 Å². The highest BCUT2D eigenvalue weighted by molar-refractivity contribution is 6.28. The molecule has 0 radical (unpaired) electrons. The van der Waals surface area contributed by atoms with E-state index < -0.39 is 9.76 Å². The first-order valence-electron chi connectivity index (χ1n) is 5.42. The summed E-state index contributed by atoms with van der Waals surface area (Å²) in [5, 5.41) is 0. The molecule has 0 aromatic heterocycles. The van der Waals surface area contributed by atoms with Gasteiger partial charge in [0.2, 0.25) is 9.76 Å². The molecule has 0 saturated carbocycles. The maximum Gasteiger partial charge on any atom is 0.224 e. The van der Waals surface area contributed by atoms with Gasteiger partial charge in [-0.25, -0.2) is 0 Å². The minimum absolute atomic E-state index is 0.0291. The van der Waals surface area contributed by atoms with Crippen LogP contribution in [0.3, 0.4) is 0 Å². The van der Waals surface area contributed by atoms with Crippen LogP contribution >= 0.6 is 0 Å². The lowest BCUT2D eigenvalue weighted by atomic mass is 10.1. The summed E-state index contributed by atoms with van der Waals surface area (Å²) < 4.78 is 16.7. The predicted molar refractivity (Wildman–Crippen MR) is 61.0 cm³/mol. The number of hydrogen-bond donors (Lipinski definition) is 0. The fourth-order valence-corrected chi connectivity index (χ4v) is 2.37. The Kier molecular flexibility index (Phi) is 7.45. The standard InChI is InChI=1S/C10H24O3Si/c1-6-10(4,5)13-14-9(11-7-2)12-8-3/h9H,6-8,14H2,1-5H3. The van der Waals surface area contributed by atoms with Crippen LogP contribution < -0.4 is 0 Å². The Balaban J connectivity index is 3.80. The molecule has 0 unspecified atom stereocenters. The lowest BCUT2D eigenvalue weighted by Crippen LogP contribution is -2.34. The Bertz CT molecular complexity index is 133. The normalized spacial score (nSPS) is 13.3. The van der Waals surface area contributed by atoms with Crippen molar-refractivity contribution in [1.29, 1.82) is 0 Å². The van der Waals surface area contributed by atoms with E-state index in [1.807, 2.05) is 13.8 Å². The van der Waals surface area contributed by atoms with Gasteiger partial charge in [0, 0.05) is 18.8 Å². The van der Waals surface area contributed by atoms with E-state index >= 15 is 0 Å². The van der Waals surface area contributed by atoms with E-state index in [2.05, 4.69) is 20.8 Å². The van der Waals surface area contributed by atoms with Crippen molar-refractivity contribution >= 4 is 9.76 Å². The average molecular weight is 220 g/mol. The second-order valence-electron chi connectivity index (χ2n) is 3.76. The van der Waals surface area contributed by atoms with E-state index in [9.17, 15) is 0 Å². The third-order valence-corrected chi connectivity index (χ3v) is 3.86. The molecule has 0 aliphatic rings. The molecule has 0 bridgehead atoms. The quantitative estimate of drug-likeness (QED) is 0.460. The Morgan fingerprint density at radius 3 is 1.93 bits per heavy atom.